The molecule has 1 nitrogen and oxygen atoms in total. The van der Waals surface area contributed by atoms with Gasteiger partial charge >= 0.3 is 0 Å². The lowest BCUT2D eigenvalue weighted by atomic mass is 9.71. The largest absolute Gasteiger partial charge is 0.299 e. The third-order valence-electron chi connectivity index (χ3n) is 3.79. The van der Waals surface area contributed by atoms with Crippen molar-refractivity contribution in [2.75, 3.05) is 7.05 Å². The van der Waals surface area contributed by atoms with E-state index in [2.05, 4.69) is 39.6 Å². The van der Waals surface area contributed by atoms with Crippen molar-refractivity contribution in [3.05, 3.63) is 0 Å². The van der Waals surface area contributed by atoms with Crippen LogP contribution in [0.3, 0.4) is 0 Å². The molecule has 0 atom stereocenters. The van der Waals surface area contributed by atoms with Gasteiger partial charge in [-0.1, -0.05) is 6.42 Å². The van der Waals surface area contributed by atoms with E-state index in [9.17, 15) is 0 Å². The predicted octanol–water partition coefficient (Wildman–Crippen LogP) is 2.91. The molecule has 12 heavy (non-hydrogen) atoms. The van der Waals surface area contributed by atoms with Crippen LogP contribution in [0.4, 0.5) is 0 Å². The zero-order valence-electron chi connectivity index (χ0n) is 9.22. The van der Waals surface area contributed by atoms with Gasteiger partial charge in [0, 0.05) is 11.6 Å². The Morgan fingerprint density at radius 3 is 2.00 bits per heavy atom. The van der Waals surface area contributed by atoms with Crippen molar-refractivity contribution in [1.29, 1.82) is 0 Å². The van der Waals surface area contributed by atoms with Crippen molar-refractivity contribution < 1.29 is 0 Å². The van der Waals surface area contributed by atoms with E-state index in [0.29, 0.717) is 11.6 Å². The highest BCUT2D eigenvalue weighted by Crippen LogP contribution is 2.39. The first-order valence-electron chi connectivity index (χ1n) is 5.19. The van der Waals surface area contributed by atoms with Crippen molar-refractivity contribution >= 4 is 0 Å². The van der Waals surface area contributed by atoms with E-state index in [0.717, 1.165) is 5.92 Å². The molecule has 1 saturated carbocycles. The monoisotopic (exact) mass is 169 g/mol. The molecule has 0 saturated heterocycles. The first-order valence-corrected chi connectivity index (χ1v) is 5.19. The molecule has 0 spiro atoms. The Balaban J connectivity index is 2.56. The summed E-state index contributed by atoms with van der Waals surface area (Å²) in [5, 5.41) is 0. The third-order valence-corrected chi connectivity index (χ3v) is 3.79. The topological polar surface area (TPSA) is 3.24 Å². The van der Waals surface area contributed by atoms with Crippen LogP contribution < -0.4 is 0 Å². The van der Waals surface area contributed by atoms with E-state index in [1.54, 1.807) is 0 Å². The van der Waals surface area contributed by atoms with Gasteiger partial charge in [0.15, 0.2) is 0 Å². The molecule has 0 aliphatic heterocycles. The van der Waals surface area contributed by atoms with Crippen LogP contribution in [0.15, 0.2) is 0 Å². The highest BCUT2D eigenvalue weighted by molar-refractivity contribution is 4.92. The minimum Gasteiger partial charge on any atom is -0.299 e. The number of hydrogen-bond donors (Lipinski definition) is 0. The highest BCUT2D eigenvalue weighted by atomic mass is 15.2. The molecule has 72 valence electrons. The first-order chi connectivity index (χ1) is 5.46. The Hall–Kier alpha value is -0.0400. The fourth-order valence-electron chi connectivity index (χ4n) is 2.07. The first kappa shape index (κ1) is 10.0. The fraction of sp³-hybridized carbons (Fsp3) is 1.00. The maximum atomic E-state index is 2.51. The average molecular weight is 169 g/mol. The fourth-order valence-corrected chi connectivity index (χ4v) is 2.07. The van der Waals surface area contributed by atoms with Gasteiger partial charge in [-0.05, 0) is 53.5 Å². The lowest BCUT2D eigenvalue weighted by Gasteiger charge is -2.48. The minimum atomic E-state index is 0.409. The molecule has 1 heteroatoms. The molecule has 1 aliphatic rings. The van der Waals surface area contributed by atoms with Gasteiger partial charge in [-0.2, -0.15) is 0 Å². The SMILES string of the molecule is CC(C)N(C)C(C)(C)C1CCC1. The van der Waals surface area contributed by atoms with Crippen molar-refractivity contribution in [2.24, 2.45) is 5.92 Å². The van der Waals surface area contributed by atoms with Crippen LogP contribution in [0.5, 0.6) is 0 Å². The van der Waals surface area contributed by atoms with E-state index in [1.807, 2.05) is 0 Å². The lowest BCUT2D eigenvalue weighted by molar-refractivity contribution is 0.0235. The Kier molecular flexibility index (Phi) is 2.82. The molecule has 0 radical (unpaired) electrons. The molecular formula is C11H23N. The van der Waals surface area contributed by atoms with E-state index in [-0.39, 0.29) is 0 Å². The number of hydrogen-bond acceptors (Lipinski definition) is 1. The smallest absolute Gasteiger partial charge is 0.0181 e. The molecule has 0 aromatic carbocycles. The third kappa shape index (κ3) is 1.66. The summed E-state index contributed by atoms with van der Waals surface area (Å²) >= 11 is 0. The summed E-state index contributed by atoms with van der Waals surface area (Å²) < 4.78 is 0. The van der Waals surface area contributed by atoms with Crippen molar-refractivity contribution in [2.45, 2.75) is 58.5 Å². The maximum Gasteiger partial charge on any atom is 0.0181 e. The average Bonchev–Trinajstić information content (AvgIpc) is 1.80. The van der Waals surface area contributed by atoms with Crippen molar-refractivity contribution in [3.8, 4) is 0 Å². The summed E-state index contributed by atoms with van der Waals surface area (Å²) in [6, 6.07) is 0.667. The highest BCUT2D eigenvalue weighted by Gasteiger charge is 2.37. The second kappa shape index (κ2) is 3.37. The van der Waals surface area contributed by atoms with Crippen molar-refractivity contribution in [1.82, 2.24) is 4.90 Å². The second-order valence-corrected chi connectivity index (χ2v) is 4.99. The Bertz CT molecular complexity index is 145. The summed E-state index contributed by atoms with van der Waals surface area (Å²) in [4.78, 5) is 2.51. The van der Waals surface area contributed by atoms with Gasteiger partial charge in [0.05, 0.1) is 0 Å². The van der Waals surface area contributed by atoms with E-state index < -0.39 is 0 Å². The molecule has 1 rings (SSSR count). The van der Waals surface area contributed by atoms with Crippen LogP contribution in [0, 0.1) is 5.92 Å². The van der Waals surface area contributed by atoms with Crippen LogP contribution in [0.2, 0.25) is 0 Å². The zero-order valence-corrected chi connectivity index (χ0v) is 9.22. The van der Waals surface area contributed by atoms with Crippen LogP contribution >= 0.6 is 0 Å². The molecular weight excluding hydrogens is 146 g/mol. The molecule has 0 amide bonds. The summed E-state index contributed by atoms with van der Waals surface area (Å²) in [6.45, 7) is 9.33. The van der Waals surface area contributed by atoms with Gasteiger partial charge in [-0.25, -0.2) is 0 Å². The van der Waals surface area contributed by atoms with Crippen LogP contribution in [-0.2, 0) is 0 Å². The molecule has 0 unspecified atom stereocenters. The van der Waals surface area contributed by atoms with Gasteiger partial charge in [0.2, 0.25) is 0 Å². The molecule has 0 aromatic heterocycles. The summed E-state index contributed by atoms with van der Waals surface area (Å²) in [5.41, 5.74) is 0.409. The molecule has 0 heterocycles. The molecule has 1 aliphatic carbocycles. The normalized spacial score (nSPS) is 20.2. The minimum absolute atomic E-state index is 0.409. The van der Waals surface area contributed by atoms with Crippen molar-refractivity contribution in [3.63, 3.8) is 0 Å². The lowest BCUT2D eigenvalue weighted by Crippen LogP contribution is -2.52. The van der Waals surface area contributed by atoms with Gasteiger partial charge in [0.25, 0.3) is 0 Å². The quantitative estimate of drug-likeness (QED) is 0.628. The maximum absolute atomic E-state index is 2.51. The second-order valence-electron chi connectivity index (χ2n) is 4.99. The zero-order chi connectivity index (χ0) is 9.35. The predicted molar refractivity (Wildman–Crippen MR) is 54.3 cm³/mol. The molecule has 1 fully saturated rings. The van der Waals surface area contributed by atoms with Gasteiger partial charge in [-0.15, -0.1) is 0 Å². The van der Waals surface area contributed by atoms with E-state index in [4.69, 9.17) is 0 Å². The Morgan fingerprint density at radius 1 is 1.25 bits per heavy atom. The van der Waals surface area contributed by atoms with Crippen LogP contribution in [0.1, 0.15) is 47.0 Å². The van der Waals surface area contributed by atoms with E-state index >= 15 is 0 Å². The van der Waals surface area contributed by atoms with Crippen LogP contribution in [0.25, 0.3) is 0 Å². The number of rotatable bonds is 3. The summed E-state index contributed by atoms with van der Waals surface area (Å²) in [5.74, 6) is 0.935. The number of nitrogens with zero attached hydrogens (tertiary/aromatic N) is 1. The van der Waals surface area contributed by atoms with Crippen LogP contribution in [-0.4, -0.2) is 23.5 Å². The molecule has 0 bridgehead atoms. The molecule has 0 aromatic rings. The molecule has 0 N–H and O–H groups in total. The Morgan fingerprint density at radius 2 is 1.75 bits per heavy atom. The Labute approximate surface area is 77.1 Å². The van der Waals surface area contributed by atoms with Gasteiger partial charge in [0.1, 0.15) is 0 Å². The summed E-state index contributed by atoms with van der Waals surface area (Å²) in [6.07, 6.45) is 4.31. The standard InChI is InChI=1S/C11H23N/c1-9(2)12(5)11(3,4)10-7-6-8-10/h9-10H,6-8H2,1-5H3. The van der Waals surface area contributed by atoms with E-state index in [1.165, 1.54) is 19.3 Å². The van der Waals surface area contributed by atoms with Gasteiger partial charge < -0.3 is 0 Å². The summed E-state index contributed by atoms with van der Waals surface area (Å²) in [7, 11) is 2.25. The van der Waals surface area contributed by atoms with Gasteiger partial charge in [-0.3, -0.25) is 4.90 Å².